The van der Waals surface area contributed by atoms with Crippen molar-refractivity contribution < 1.29 is 24.0 Å². The van der Waals surface area contributed by atoms with Gasteiger partial charge in [-0.05, 0) is 0 Å². The SMILES string of the molecule is CC(O)(C(N)[P+](=O)[O-])[P+](=O)[O-]. The van der Waals surface area contributed by atoms with Gasteiger partial charge in [-0.15, -0.1) is 0 Å². The summed E-state index contributed by atoms with van der Waals surface area (Å²) in [6.07, 6.45) is 0. The van der Waals surface area contributed by atoms with Crippen LogP contribution in [0.4, 0.5) is 0 Å². The maximum atomic E-state index is 10.2. The third-order valence-corrected chi connectivity index (χ3v) is 3.34. The first kappa shape index (κ1) is 11.0. The smallest absolute Gasteiger partial charge is 0.350 e. The average Bonchev–Trinajstić information content (AvgIpc) is 1.85. The first-order valence-electron chi connectivity index (χ1n) is 2.56. The van der Waals surface area contributed by atoms with E-state index in [1.807, 2.05) is 0 Å². The number of hydrogen-bond donors (Lipinski definition) is 2. The Bertz CT molecular complexity index is 192. The molecule has 0 rings (SSSR count). The van der Waals surface area contributed by atoms with Gasteiger partial charge in [-0.2, -0.15) is 0 Å². The van der Waals surface area contributed by atoms with Crippen molar-refractivity contribution in [2.75, 3.05) is 0 Å². The van der Waals surface area contributed by atoms with Gasteiger partial charge in [0.15, 0.2) is 0 Å². The van der Waals surface area contributed by atoms with Crippen LogP contribution in [0, 0.1) is 0 Å². The van der Waals surface area contributed by atoms with Crippen LogP contribution in [0.2, 0.25) is 0 Å². The molecule has 0 saturated carbocycles. The lowest BCUT2D eigenvalue weighted by Gasteiger charge is -2.14. The summed E-state index contributed by atoms with van der Waals surface area (Å²) in [5.74, 6) is -1.78. The summed E-state index contributed by atoms with van der Waals surface area (Å²) in [5, 5.41) is 6.54. The minimum Gasteiger partial charge on any atom is -0.594 e. The molecule has 0 spiro atoms. The lowest BCUT2D eigenvalue weighted by molar-refractivity contribution is -0.184. The molecule has 0 fully saturated rings. The lowest BCUT2D eigenvalue weighted by atomic mass is 10.4. The first-order valence-corrected chi connectivity index (χ1v) is 4.98. The molecule has 4 atom stereocenters. The first-order chi connectivity index (χ1) is 4.80. The van der Waals surface area contributed by atoms with E-state index in [1.54, 1.807) is 0 Å². The number of hydrogen-bond acceptors (Lipinski definition) is 6. The summed E-state index contributed by atoms with van der Waals surface area (Å²) >= 11 is 0. The summed E-state index contributed by atoms with van der Waals surface area (Å²) in [6.45, 7) is 0.828. The van der Waals surface area contributed by atoms with E-state index in [9.17, 15) is 18.9 Å². The molecule has 0 aliphatic heterocycles. The van der Waals surface area contributed by atoms with Crippen molar-refractivity contribution in [1.29, 1.82) is 0 Å². The third-order valence-electron chi connectivity index (χ3n) is 1.16. The minimum atomic E-state index is -3.27. The predicted octanol–water partition coefficient (Wildman–Crippen LogP) is -1.81. The Morgan fingerprint density at radius 1 is 1.55 bits per heavy atom. The van der Waals surface area contributed by atoms with E-state index < -0.39 is 27.2 Å². The lowest BCUT2D eigenvalue weighted by Crippen LogP contribution is -2.43. The molecule has 6 nitrogen and oxygen atoms in total. The van der Waals surface area contributed by atoms with Crippen LogP contribution in [0.3, 0.4) is 0 Å². The third kappa shape index (κ3) is 2.52. The number of aliphatic hydroxyl groups is 1. The van der Waals surface area contributed by atoms with Gasteiger partial charge < -0.3 is 14.9 Å². The van der Waals surface area contributed by atoms with Crippen LogP contribution in [0.25, 0.3) is 0 Å². The minimum absolute atomic E-state index is 0.828. The molecule has 64 valence electrons. The highest BCUT2D eigenvalue weighted by Crippen LogP contribution is 2.37. The van der Waals surface area contributed by atoms with Crippen LogP contribution >= 0.6 is 16.1 Å². The van der Waals surface area contributed by atoms with Gasteiger partial charge in [-0.25, -0.2) is 0 Å². The maximum Gasteiger partial charge on any atom is 0.350 e. The monoisotopic (exact) mass is 199 g/mol. The zero-order chi connectivity index (χ0) is 9.23. The highest BCUT2D eigenvalue weighted by molar-refractivity contribution is 7.42. The largest absolute Gasteiger partial charge is 0.594 e. The van der Waals surface area contributed by atoms with Crippen LogP contribution in [-0.2, 0) is 9.13 Å². The summed E-state index contributed by atoms with van der Waals surface area (Å²) < 4.78 is 20.3. The van der Waals surface area contributed by atoms with Crippen molar-refractivity contribution in [2.24, 2.45) is 5.73 Å². The molecule has 0 heterocycles. The van der Waals surface area contributed by atoms with Gasteiger partial charge in [-0.3, -0.25) is 5.73 Å². The average molecular weight is 199 g/mol. The molecule has 0 aromatic carbocycles. The Morgan fingerprint density at radius 3 is 2.00 bits per heavy atom. The fraction of sp³-hybridized carbons (Fsp3) is 1.00. The van der Waals surface area contributed by atoms with Gasteiger partial charge in [0.25, 0.3) is 5.78 Å². The Kier molecular flexibility index (Phi) is 3.64. The molecule has 3 N–H and O–H groups in total. The van der Waals surface area contributed by atoms with Crippen molar-refractivity contribution in [1.82, 2.24) is 0 Å². The van der Waals surface area contributed by atoms with Crippen molar-refractivity contribution in [2.45, 2.75) is 18.0 Å². The topological polar surface area (TPSA) is 127 Å². The molecule has 8 heteroatoms. The summed E-state index contributed by atoms with van der Waals surface area (Å²) in [4.78, 5) is 20.3. The molecule has 4 unspecified atom stereocenters. The van der Waals surface area contributed by atoms with E-state index in [2.05, 4.69) is 0 Å². The van der Waals surface area contributed by atoms with E-state index in [0.29, 0.717) is 0 Å². The van der Waals surface area contributed by atoms with Gasteiger partial charge in [0.2, 0.25) is 0 Å². The van der Waals surface area contributed by atoms with Gasteiger partial charge in [0.05, 0.1) is 0 Å². The Labute approximate surface area is 64.8 Å². The molecular formula is C3H7NO5P2. The number of rotatable bonds is 3. The highest BCUT2D eigenvalue weighted by Gasteiger charge is 2.50. The van der Waals surface area contributed by atoms with Crippen molar-refractivity contribution >= 4 is 16.1 Å². The molecule has 11 heavy (non-hydrogen) atoms. The van der Waals surface area contributed by atoms with Gasteiger partial charge in [0, 0.05) is 6.92 Å². The Morgan fingerprint density at radius 2 is 1.91 bits per heavy atom. The van der Waals surface area contributed by atoms with Crippen LogP contribution in [-0.4, -0.2) is 16.2 Å². The molecule has 0 aliphatic rings. The van der Waals surface area contributed by atoms with E-state index in [4.69, 9.17) is 10.8 Å². The van der Waals surface area contributed by atoms with E-state index in [1.165, 1.54) is 0 Å². The molecule has 0 bridgehead atoms. The Balaban J connectivity index is 4.55. The van der Waals surface area contributed by atoms with Gasteiger partial charge >= 0.3 is 21.4 Å². The van der Waals surface area contributed by atoms with E-state index in [-0.39, 0.29) is 0 Å². The normalized spacial score (nSPS) is 21.9. The van der Waals surface area contributed by atoms with Crippen LogP contribution in [0.5, 0.6) is 0 Å². The second kappa shape index (κ2) is 3.63. The van der Waals surface area contributed by atoms with Gasteiger partial charge in [0.1, 0.15) is 0 Å². The quantitative estimate of drug-likeness (QED) is 0.515. The van der Waals surface area contributed by atoms with Crippen LogP contribution in [0.15, 0.2) is 0 Å². The summed E-state index contributed by atoms with van der Waals surface area (Å²) in [7, 11) is -6.41. The molecule has 0 aromatic heterocycles. The summed E-state index contributed by atoms with van der Waals surface area (Å²) in [5.41, 5.74) is 4.87. The summed E-state index contributed by atoms with van der Waals surface area (Å²) in [6, 6.07) is 0. The van der Waals surface area contributed by atoms with Crippen LogP contribution < -0.4 is 15.5 Å². The molecule has 0 saturated heterocycles. The van der Waals surface area contributed by atoms with Gasteiger partial charge in [-0.1, -0.05) is 9.13 Å². The highest BCUT2D eigenvalue weighted by atomic mass is 31.1. The molecule has 0 aromatic rings. The van der Waals surface area contributed by atoms with Crippen molar-refractivity contribution in [3.63, 3.8) is 0 Å². The fourth-order valence-corrected chi connectivity index (χ4v) is 1.49. The molecular weight excluding hydrogens is 192 g/mol. The zero-order valence-corrected chi connectivity index (χ0v) is 7.42. The second-order valence-corrected chi connectivity index (χ2v) is 4.63. The second-order valence-electron chi connectivity index (χ2n) is 2.08. The van der Waals surface area contributed by atoms with E-state index in [0.717, 1.165) is 6.92 Å². The fourth-order valence-electron chi connectivity index (χ4n) is 0.308. The number of nitrogens with two attached hydrogens (primary N) is 1. The van der Waals surface area contributed by atoms with Crippen molar-refractivity contribution in [3.8, 4) is 0 Å². The zero-order valence-electron chi connectivity index (χ0n) is 5.63. The predicted molar refractivity (Wildman–Crippen MR) is 33.8 cm³/mol. The van der Waals surface area contributed by atoms with Crippen LogP contribution in [0.1, 0.15) is 6.92 Å². The standard InChI is InChI=1S/C3H7NO5P2/c1-3(5,11(8)9)2(4)10(6)7/h2,5H,4H2,1H3. The Hall–Kier alpha value is 0.0400. The van der Waals surface area contributed by atoms with E-state index >= 15 is 0 Å². The molecule has 0 amide bonds. The van der Waals surface area contributed by atoms with Crippen molar-refractivity contribution in [3.05, 3.63) is 0 Å². The molecule has 0 aliphatic carbocycles. The maximum absolute atomic E-state index is 10.2. The molecule has 0 radical (unpaired) electrons.